The summed E-state index contributed by atoms with van der Waals surface area (Å²) in [4.78, 5) is 15.0. The van der Waals surface area contributed by atoms with Crippen molar-refractivity contribution in [3.63, 3.8) is 0 Å². The first kappa shape index (κ1) is 14.9. The summed E-state index contributed by atoms with van der Waals surface area (Å²) in [7, 11) is 0. The number of rotatable bonds is 3. The van der Waals surface area contributed by atoms with Gasteiger partial charge in [0.15, 0.2) is 5.78 Å². The van der Waals surface area contributed by atoms with Gasteiger partial charge in [-0.1, -0.05) is 0 Å². The van der Waals surface area contributed by atoms with Gasteiger partial charge in [-0.05, 0) is 38.1 Å². The van der Waals surface area contributed by atoms with Gasteiger partial charge in [0.25, 0.3) is 0 Å². The van der Waals surface area contributed by atoms with Gasteiger partial charge in [0, 0.05) is 6.21 Å². The van der Waals surface area contributed by atoms with Gasteiger partial charge in [0.1, 0.15) is 5.76 Å². The van der Waals surface area contributed by atoms with Gasteiger partial charge >= 0.3 is 6.18 Å². The third-order valence-corrected chi connectivity index (χ3v) is 2.31. The summed E-state index contributed by atoms with van der Waals surface area (Å²) in [6, 6.07) is 4.17. The Morgan fingerprint density at radius 1 is 1.21 bits per heavy atom. The number of benzene rings is 1. The van der Waals surface area contributed by atoms with Gasteiger partial charge < -0.3 is 5.11 Å². The molecule has 1 aromatic carbocycles. The van der Waals surface area contributed by atoms with Crippen molar-refractivity contribution in [1.82, 2.24) is 0 Å². The molecule has 0 aliphatic heterocycles. The zero-order valence-corrected chi connectivity index (χ0v) is 10.3. The number of nitrogens with zero attached hydrogens (tertiary/aromatic N) is 1. The number of halogens is 3. The van der Waals surface area contributed by atoms with Crippen molar-refractivity contribution in [1.29, 1.82) is 0 Å². The van der Waals surface area contributed by atoms with Gasteiger partial charge in [-0.2, -0.15) is 13.2 Å². The molecule has 0 bridgehead atoms. The molecule has 0 heterocycles. The number of hydrogen-bond donors (Lipinski definition) is 1. The second-order valence-electron chi connectivity index (χ2n) is 3.86. The lowest BCUT2D eigenvalue weighted by atomic mass is 10.1. The predicted molar refractivity (Wildman–Crippen MR) is 65.6 cm³/mol. The number of hydrogen-bond acceptors (Lipinski definition) is 3. The standard InChI is InChI=1S/C13H12F3NO2/c1-8(18)12(9(2)19)7-17-11-5-3-10(4-6-11)13(14,15)16/h3-7,18H,1-2H3/b12-8+,17-7?. The second kappa shape index (κ2) is 5.69. The van der Waals surface area contributed by atoms with Crippen LogP contribution in [0.3, 0.4) is 0 Å². The molecule has 19 heavy (non-hydrogen) atoms. The Balaban J connectivity index is 2.96. The lowest BCUT2D eigenvalue weighted by Crippen LogP contribution is -2.03. The van der Waals surface area contributed by atoms with E-state index in [4.69, 9.17) is 0 Å². The SMILES string of the molecule is CC(=O)/C(C=Nc1ccc(C(F)(F)F)cc1)=C(\C)O. The Kier molecular flexibility index (Phi) is 4.47. The number of alkyl halides is 3. The molecule has 1 rings (SSSR count). The third-order valence-electron chi connectivity index (χ3n) is 2.31. The zero-order chi connectivity index (χ0) is 14.6. The zero-order valence-electron chi connectivity index (χ0n) is 10.3. The van der Waals surface area contributed by atoms with E-state index in [1.165, 1.54) is 26.0 Å². The molecule has 102 valence electrons. The number of carbonyl (C=O) groups is 1. The molecule has 1 N–H and O–H groups in total. The molecule has 0 aliphatic rings. The second-order valence-corrected chi connectivity index (χ2v) is 3.86. The largest absolute Gasteiger partial charge is 0.512 e. The molecule has 0 unspecified atom stereocenters. The minimum atomic E-state index is -4.39. The van der Waals surface area contributed by atoms with Crippen molar-refractivity contribution in [2.75, 3.05) is 0 Å². The minimum Gasteiger partial charge on any atom is -0.512 e. The maximum absolute atomic E-state index is 12.3. The third kappa shape index (κ3) is 4.24. The van der Waals surface area contributed by atoms with E-state index in [0.29, 0.717) is 0 Å². The molecule has 0 radical (unpaired) electrons. The van der Waals surface area contributed by atoms with Crippen LogP contribution < -0.4 is 0 Å². The summed E-state index contributed by atoms with van der Waals surface area (Å²) >= 11 is 0. The van der Waals surface area contributed by atoms with Crippen molar-refractivity contribution in [3.05, 3.63) is 41.2 Å². The van der Waals surface area contributed by atoms with Crippen LogP contribution in [0.1, 0.15) is 19.4 Å². The van der Waals surface area contributed by atoms with Crippen LogP contribution in [0.25, 0.3) is 0 Å². The summed E-state index contributed by atoms with van der Waals surface area (Å²) in [6.07, 6.45) is -3.27. The molecular weight excluding hydrogens is 259 g/mol. The summed E-state index contributed by atoms with van der Waals surface area (Å²) in [5.41, 5.74) is -0.500. The summed E-state index contributed by atoms with van der Waals surface area (Å²) in [6.45, 7) is 2.59. The number of aliphatic hydroxyl groups excluding tert-OH is 1. The molecule has 0 saturated heterocycles. The van der Waals surface area contributed by atoms with E-state index in [1.54, 1.807) is 0 Å². The molecule has 1 aromatic rings. The Bertz CT molecular complexity index is 524. The highest BCUT2D eigenvalue weighted by molar-refractivity contribution is 6.12. The molecular formula is C13H12F3NO2. The van der Waals surface area contributed by atoms with E-state index < -0.39 is 11.7 Å². The fourth-order valence-electron chi connectivity index (χ4n) is 1.31. The van der Waals surface area contributed by atoms with Crippen molar-refractivity contribution >= 4 is 17.7 Å². The highest BCUT2D eigenvalue weighted by atomic mass is 19.4. The summed E-state index contributed by atoms with van der Waals surface area (Å²) in [5.74, 6) is -0.571. The molecule has 0 atom stereocenters. The van der Waals surface area contributed by atoms with E-state index in [2.05, 4.69) is 4.99 Å². The van der Waals surface area contributed by atoms with Gasteiger partial charge in [0.05, 0.1) is 16.8 Å². The highest BCUT2D eigenvalue weighted by Gasteiger charge is 2.29. The number of aliphatic hydroxyl groups is 1. The van der Waals surface area contributed by atoms with Crippen LogP contribution in [0.5, 0.6) is 0 Å². The first-order chi connectivity index (χ1) is 8.71. The fourth-order valence-corrected chi connectivity index (χ4v) is 1.31. The number of aliphatic imine (C=N–C) groups is 1. The van der Waals surface area contributed by atoms with Gasteiger partial charge in [0.2, 0.25) is 0 Å². The average molecular weight is 271 g/mol. The molecule has 3 nitrogen and oxygen atoms in total. The van der Waals surface area contributed by atoms with Crippen LogP contribution in [-0.4, -0.2) is 17.1 Å². The number of carbonyl (C=O) groups excluding carboxylic acids is 1. The highest BCUT2D eigenvalue weighted by Crippen LogP contribution is 2.30. The van der Waals surface area contributed by atoms with Gasteiger partial charge in [-0.3, -0.25) is 9.79 Å². The van der Waals surface area contributed by atoms with Crippen LogP contribution in [0, 0.1) is 0 Å². The lowest BCUT2D eigenvalue weighted by Gasteiger charge is -2.05. The van der Waals surface area contributed by atoms with E-state index in [-0.39, 0.29) is 22.8 Å². The first-order valence-electron chi connectivity index (χ1n) is 5.34. The molecule has 0 amide bonds. The van der Waals surface area contributed by atoms with Crippen LogP contribution >= 0.6 is 0 Å². The minimum absolute atomic E-state index is 0.0138. The average Bonchev–Trinajstić information content (AvgIpc) is 2.27. The Morgan fingerprint density at radius 3 is 2.11 bits per heavy atom. The molecule has 0 aliphatic carbocycles. The fraction of sp³-hybridized carbons (Fsp3) is 0.231. The normalized spacial score (nSPS) is 13.5. The monoisotopic (exact) mass is 271 g/mol. The molecule has 0 aromatic heterocycles. The van der Waals surface area contributed by atoms with Crippen molar-refractivity contribution in [3.8, 4) is 0 Å². The number of Topliss-reactive ketones (excluding diaryl/α,β-unsaturated/α-hetero) is 1. The smallest absolute Gasteiger partial charge is 0.416 e. The predicted octanol–water partition coefficient (Wildman–Crippen LogP) is 3.83. The topological polar surface area (TPSA) is 49.7 Å². The Labute approximate surface area is 108 Å². The van der Waals surface area contributed by atoms with Gasteiger partial charge in [-0.15, -0.1) is 0 Å². The number of ketones is 1. The Hall–Kier alpha value is -2.11. The van der Waals surface area contributed by atoms with Crippen LogP contribution in [0.4, 0.5) is 18.9 Å². The maximum Gasteiger partial charge on any atom is 0.416 e. The van der Waals surface area contributed by atoms with Crippen molar-refractivity contribution < 1.29 is 23.1 Å². The first-order valence-corrected chi connectivity index (χ1v) is 5.34. The van der Waals surface area contributed by atoms with Crippen LogP contribution in [-0.2, 0) is 11.0 Å². The van der Waals surface area contributed by atoms with E-state index in [0.717, 1.165) is 18.3 Å². The molecule has 6 heteroatoms. The summed E-state index contributed by atoms with van der Waals surface area (Å²) in [5, 5.41) is 9.23. The van der Waals surface area contributed by atoms with Crippen LogP contribution in [0.2, 0.25) is 0 Å². The van der Waals surface area contributed by atoms with E-state index in [1.807, 2.05) is 0 Å². The molecule has 0 fully saturated rings. The van der Waals surface area contributed by atoms with Gasteiger partial charge in [-0.25, -0.2) is 0 Å². The van der Waals surface area contributed by atoms with E-state index >= 15 is 0 Å². The van der Waals surface area contributed by atoms with Crippen molar-refractivity contribution in [2.24, 2.45) is 4.99 Å². The number of allylic oxidation sites excluding steroid dienone is 2. The summed E-state index contributed by atoms with van der Waals surface area (Å²) < 4.78 is 37.0. The molecule has 0 spiro atoms. The van der Waals surface area contributed by atoms with Crippen molar-refractivity contribution in [2.45, 2.75) is 20.0 Å². The maximum atomic E-state index is 12.3. The van der Waals surface area contributed by atoms with E-state index in [9.17, 15) is 23.1 Å². The molecule has 0 saturated carbocycles. The Morgan fingerprint density at radius 2 is 1.74 bits per heavy atom. The quantitative estimate of drug-likeness (QED) is 0.516. The van der Waals surface area contributed by atoms with Crippen LogP contribution in [0.15, 0.2) is 40.6 Å². The lowest BCUT2D eigenvalue weighted by molar-refractivity contribution is -0.137.